The molecule has 2 N–H and O–H groups in total. The molecule has 2 heterocycles. The summed E-state index contributed by atoms with van der Waals surface area (Å²) in [5, 5.41) is 23.9. The number of aliphatic hydroxyl groups is 1. The van der Waals surface area contributed by atoms with Crippen molar-refractivity contribution in [2.75, 3.05) is 6.61 Å². The maximum atomic E-state index is 12.7. The molecule has 2 aromatic heterocycles. The van der Waals surface area contributed by atoms with Crippen LogP contribution in [0.4, 0.5) is 0 Å². The molecule has 0 fully saturated rings. The van der Waals surface area contributed by atoms with Gasteiger partial charge in [-0.05, 0) is 48.0 Å². The molecule has 0 radical (unpaired) electrons. The van der Waals surface area contributed by atoms with Crippen LogP contribution in [-0.2, 0) is 0 Å². The number of tetrazole rings is 1. The van der Waals surface area contributed by atoms with Crippen LogP contribution >= 0.6 is 0 Å². The Morgan fingerprint density at radius 3 is 2.54 bits per heavy atom. The lowest BCUT2D eigenvalue weighted by molar-refractivity contribution is 0.0922. The second kappa shape index (κ2) is 8.22. The molecule has 0 unspecified atom stereocenters. The first-order valence-electron chi connectivity index (χ1n) is 9.03. The Bertz CT molecular complexity index is 967. The molecule has 146 valence electrons. The summed E-state index contributed by atoms with van der Waals surface area (Å²) in [5.74, 6) is 0.963. The van der Waals surface area contributed by atoms with E-state index in [4.69, 9.17) is 0 Å². The number of hydrogen-bond acceptors (Lipinski definition) is 7. The zero-order valence-electron chi connectivity index (χ0n) is 16.3. The fourth-order valence-electron chi connectivity index (χ4n) is 2.63. The SMILES string of the molecule is Cc1cnc(-c2cc(C(=O)N[C@@H](C)CO)cc(-n3nnnc3C(C)C)c2)nc1. The smallest absolute Gasteiger partial charge is 0.251 e. The maximum absolute atomic E-state index is 12.7. The van der Waals surface area contributed by atoms with Crippen molar-refractivity contribution < 1.29 is 9.90 Å². The number of benzene rings is 1. The lowest BCUT2D eigenvalue weighted by Crippen LogP contribution is -2.35. The van der Waals surface area contributed by atoms with Crippen LogP contribution in [0.2, 0.25) is 0 Å². The molecular formula is C19H23N7O2. The molecule has 0 aliphatic rings. The minimum atomic E-state index is -0.366. The van der Waals surface area contributed by atoms with E-state index in [2.05, 4.69) is 30.8 Å². The average molecular weight is 381 g/mol. The summed E-state index contributed by atoms with van der Waals surface area (Å²) in [4.78, 5) is 21.4. The highest BCUT2D eigenvalue weighted by molar-refractivity contribution is 5.96. The normalized spacial score (nSPS) is 12.2. The molecule has 0 saturated carbocycles. The number of aliphatic hydroxyl groups excluding tert-OH is 1. The standard InChI is InChI=1S/C19H23N7O2/c1-11(2)18-23-24-25-26(18)16-6-14(17-20-8-12(3)9-21-17)5-15(7-16)19(28)22-13(4)10-27/h5-9,11,13,27H,10H2,1-4H3,(H,22,28)/t13-/m0/s1. The third-order valence-corrected chi connectivity index (χ3v) is 4.13. The summed E-state index contributed by atoms with van der Waals surface area (Å²) >= 11 is 0. The van der Waals surface area contributed by atoms with Crippen molar-refractivity contribution in [1.29, 1.82) is 0 Å². The molecular weight excluding hydrogens is 358 g/mol. The van der Waals surface area contributed by atoms with Crippen LogP contribution in [-0.4, -0.2) is 53.8 Å². The first-order chi connectivity index (χ1) is 13.4. The minimum absolute atomic E-state index is 0.0981. The molecule has 0 saturated heterocycles. The lowest BCUT2D eigenvalue weighted by Gasteiger charge is -2.14. The molecule has 1 aromatic carbocycles. The van der Waals surface area contributed by atoms with Crippen LogP contribution in [0.15, 0.2) is 30.6 Å². The zero-order valence-corrected chi connectivity index (χ0v) is 16.3. The summed E-state index contributed by atoms with van der Waals surface area (Å²) in [5.41, 5.74) is 2.65. The van der Waals surface area contributed by atoms with Gasteiger partial charge in [-0.15, -0.1) is 5.10 Å². The highest BCUT2D eigenvalue weighted by atomic mass is 16.3. The van der Waals surface area contributed by atoms with E-state index in [0.717, 1.165) is 5.56 Å². The van der Waals surface area contributed by atoms with Gasteiger partial charge in [0.15, 0.2) is 11.6 Å². The van der Waals surface area contributed by atoms with Gasteiger partial charge in [-0.2, -0.15) is 4.68 Å². The van der Waals surface area contributed by atoms with E-state index < -0.39 is 0 Å². The van der Waals surface area contributed by atoms with E-state index in [9.17, 15) is 9.90 Å². The molecule has 3 aromatic rings. The van der Waals surface area contributed by atoms with E-state index in [0.29, 0.717) is 28.5 Å². The van der Waals surface area contributed by atoms with Gasteiger partial charge < -0.3 is 10.4 Å². The van der Waals surface area contributed by atoms with Crippen LogP contribution in [0, 0.1) is 6.92 Å². The fourth-order valence-corrected chi connectivity index (χ4v) is 2.63. The first-order valence-corrected chi connectivity index (χ1v) is 9.03. The summed E-state index contributed by atoms with van der Waals surface area (Å²) in [7, 11) is 0. The monoisotopic (exact) mass is 381 g/mol. The van der Waals surface area contributed by atoms with Crippen molar-refractivity contribution in [1.82, 2.24) is 35.5 Å². The van der Waals surface area contributed by atoms with E-state index in [1.807, 2.05) is 26.8 Å². The van der Waals surface area contributed by atoms with Gasteiger partial charge in [0, 0.05) is 35.5 Å². The van der Waals surface area contributed by atoms with Gasteiger partial charge in [0.05, 0.1) is 12.3 Å². The van der Waals surface area contributed by atoms with E-state index in [1.165, 1.54) is 0 Å². The molecule has 1 atom stereocenters. The second-order valence-electron chi connectivity index (χ2n) is 7.01. The number of aryl methyl sites for hydroxylation is 1. The summed E-state index contributed by atoms with van der Waals surface area (Å²) in [6, 6.07) is 4.90. The molecule has 0 aliphatic heterocycles. The predicted octanol–water partition coefficient (Wildman–Crippen LogP) is 1.66. The van der Waals surface area contributed by atoms with Crippen molar-refractivity contribution in [2.24, 2.45) is 0 Å². The number of amides is 1. The number of nitrogens with one attached hydrogen (secondary N) is 1. The van der Waals surface area contributed by atoms with Gasteiger partial charge in [0.1, 0.15) is 0 Å². The Kier molecular flexibility index (Phi) is 5.74. The molecule has 9 heteroatoms. The van der Waals surface area contributed by atoms with Crippen LogP contribution in [0.25, 0.3) is 17.1 Å². The van der Waals surface area contributed by atoms with Crippen molar-refractivity contribution in [3.05, 3.63) is 47.5 Å². The van der Waals surface area contributed by atoms with Crippen molar-refractivity contribution >= 4 is 5.91 Å². The molecule has 28 heavy (non-hydrogen) atoms. The van der Waals surface area contributed by atoms with Gasteiger partial charge in [0.25, 0.3) is 5.91 Å². The number of nitrogens with zero attached hydrogens (tertiary/aromatic N) is 6. The molecule has 1 amide bonds. The highest BCUT2D eigenvalue weighted by Gasteiger charge is 2.17. The Morgan fingerprint density at radius 2 is 1.89 bits per heavy atom. The molecule has 0 spiro atoms. The third kappa shape index (κ3) is 4.20. The van der Waals surface area contributed by atoms with E-state index >= 15 is 0 Å². The third-order valence-electron chi connectivity index (χ3n) is 4.13. The number of hydrogen-bond donors (Lipinski definition) is 2. The largest absolute Gasteiger partial charge is 0.394 e. The number of carbonyl (C=O) groups excluding carboxylic acids is 1. The van der Waals surface area contributed by atoms with Crippen LogP contribution in [0.5, 0.6) is 0 Å². The Hall–Kier alpha value is -3.20. The average Bonchev–Trinajstić information content (AvgIpc) is 3.18. The Morgan fingerprint density at radius 1 is 1.18 bits per heavy atom. The van der Waals surface area contributed by atoms with Crippen LogP contribution < -0.4 is 5.32 Å². The zero-order chi connectivity index (χ0) is 20.3. The first kappa shape index (κ1) is 19.6. The van der Waals surface area contributed by atoms with Gasteiger partial charge in [-0.3, -0.25) is 4.79 Å². The maximum Gasteiger partial charge on any atom is 0.251 e. The Balaban J connectivity index is 2.12. The van der Waals surface area contributed by atoms with Crippen LogP contribution in [0.1, 0.15) is 48.4 Å². The van der Waals surface area contributed by atoms with Gasteiger partial charge in [-0.25, -0.2) is 9.97 Å². The second-order valence-corrected chi connectivity index (χ2v) is 7.01. The predicted molar refractivity (Wildman–Crippen MR) is 103 cm³/mol. The van der Waals surface area contributed by atoms with E-state index in [1.54, 1.807) is 36.1 Å². The number of rotatable bonds is 6. The van der Waals surface area contributed by atoms with Crippen molar-refractivity contribution in [3.63, 3.8) is 0 Å². The van der Waals surface area contributed by atoms with Gasteiger partial charge in [-0.1, -0.05) is 13.8 Å². The topological polar surface area (TPSA) is 119 Å². The quantitative estimate of drug-likeness (QED) is 0.666. The van der Waals surface area contributed by atoms with Crippen molar-refractivity contribution in [2.45, 2.75) is 39.7 Å². The van der Waals surface area contributed by atoms with Gasteiger partial charge in [0.2, 0.25) is 0 Å². The molecule has 3 rings (SSSR count). The van der Waals surface area contributed by atoms with Crippen LogP contribution in [0.3, 0.4) is 0 Å². The summed E-state index contributed by atoms with van der Waals surface area (Å²) in [6.07, 6.45) is 3.44. The number of aromatic nitrogens is 6. The fraction of sp³-hybridized carbons (Fsp3) is 0.368. The van der Waals surface area contributed by atoms with Gasteiger partial charge >= 0.3 is 0 Å². The minimum Gasteiger partial charge on any atom is -0.394 e. The lowest BCUT2D eigenvalue weighted by atomic mass is 10.1. The molecule has 9 nitrogen and oxygen atoms in total. The van der Waals surface area contributed by atoms with E-state index in [-0.39, 0.29) is 24.5 Å². The van der Waals surface area contributed by atoms with Crippen molar-refractivity contribution in [3.8, 4) is 17.1 Å². The Labute approximate surface area is 162 Å². The number of carbonyl (C=O) groups is 1. The highest BCUT2D eigenvalue weighted by Crippen LogP contribution is 2.23. The molecule has 0 bridgehead atoms. The molecule has 0 aliphatic carbocycles. The summed E-state index contributed by atoms with van der Waals surface area (Å²) < 4.78 is 1.61. The summed E-state index contributed by atoms with van der Waals surface area (Å²) in [6.45, 7) is 7.47.